The lowest BCUT2D eigenvalue weighted by Crippen LogP contribution is -2.18. The van der Waals surface area contributed by atoms with E-state index in [1.807, 2.05) is 13.0 Å². The summed E-state index contributed by atoms with van der Waals surface area (Å²) < 4.78 is 0. The number of carbonyl (C=O) groups excluding carboxylic acids is 1. The van der Waals surface area contributed by atoms with Crippen LogP contribution in [0.5, 0.6) is 0 Å². The summed E-state index contributed by atoms with van der Waals surface area (Å²) in [5.74, 6) is 0.358. The zero-order valence-electron chi connectivity index (χ0n) is 14.5. The van der Waals surface area contributed by atoms with Crippen LogP contribution in [-0.4, -0.2) is 21.9 Å². The Balaban J connectivity index is 1.86. The molecular formula is C19H24N4O. The Labute approximate surface area is 142 Å². The van der Waals surface area contributed by atoms with E-state index in [4.69, 9.17) is 0 Å². The fourth-order valence-electron chi connectivity index (χ4n) is 2.74. The molecule has 5 heteroatoms. The quantitative estimate of drug-likeness (QED) is 0.849. The van der Waals surface area contributed by atoms with Crippen LogP contribution in [0.25, 0.3) is 0 Å². The first-order chi connectivity index (χ1) is 11.6. The average Bonchev–Trinajstić information content (AvgIpc) is 3.38. The number of hydrogen-bond acceptors (Lipinski definition) is 4. The minimum absolute atomic E-state index is 0.185. The van der Waals surface area contributed by atoms with E-state index in [0.29, 0.717) is 17.7 Å². The van der Waals surface area contributed by atoms with Gasteiger partial charge in [-0.25, -0.2) is 9.97 Å². The standard InChI is InChI=1S/C19H24N4O/c1-4-13-7-6-8-14(5-2)17(13)23-18(24)16-11-12(3)20-19(22-16)21-15-9-10-15/h6-8,11,15H,4-5,9-10H2,1-3H3,(H,23,24)(H,20,21,22). The summed E-state index contributed by atoms with van der Waals surface area (Å²) >= 11 is 0. The van der Waals surface area contributed by atoms with Gasteiger partial charge in [-0.05, 0) is 49.8 Å². The first kappa shape index (κ1) is 16.4. The summed E-state index contributed by atoms with van der Waals surface area (Å²) in [4.78, 5) is 21.5. The average molecular weight is 324 g/mol. The molecule has 2 aromatic rings. The number of nitrogens with one attached hydrogen (secondary N) is 2. The van der Waals surface area contributed by atoms with E-state index in [1.165, 1.54) is 0 Å². The number of rotatable bonds is 6. The fraction of sp³-hybridized carbons (Fsp3) is 0.421. The highest BCUT2D eigenvalue weighted by molar-refractivity contribution is 6.04. The van der Waals surface area contributed by atoms with Crippen molar-refractivity contribution in [1.29, 1.82) is 0 Å². The zero-order chi connectivity index (χ0) is 17.1. The predicted octanol–water partition coefficient (Wildman–Crippen LogP) is 3.74. The molecule has 1 aliphatic carbocycles. The highest BCUT2D eigenvalue weighted by Crippen LogP contribution is 2.25. The van der Waals surface area contributed by atoms with E-state index < -0.39 is 0 Å². The Morgan fingerprint density at radius 1 is 1.17 bits per heavy atom. The monoisotopic (exact) mass is 324 g/mol. The van der Waals surface area contributed by atoms with Crippen LogP contribution in [0.15, 0.2) is 24.3 Å². The number of carbonyl (C=O) groups is 1. The van der Waals surface area contributed by atoms with Crippen molar-refractivity contribution in [3.8, 4) is 0 Å². The highest BCUT2D eigenvalue weighted by atomic mass is 16.1. The van der Waals surface area contributed by atoms with Crippen LogP contribution in [0.2, 0.25) is 0 Å². The molecule has 5 nitrogen and oxygen atoms in total. The second-order valence-corrected chi connectivity index (χ2v) is 6.25. The molecule has 24 heavy (non-hydrogen) atoms. The molecular weight excluding hydrogens is 300 g/mol. The van der Waals surface area contributed by atoms with E-state index >= 15 is 0 Å². The van der Waals surface area contributed by atoms with Gasteiger partial charge in [-0.15, -0.1) is 0 Å². The van der Waals surface area contributed by atoms with Crippen LogP contribution in [0, 0.1) is 6.92 Å². The number of nitrogens with zero attached hydrogens (tertiary/aromatic N) is 2. The minimum Gasteiger partial charge on any atom is -0.351 e. The van der Waals surface area contributed by atoms with Gasteiger partial charge in [-0.3, -0.25) is 4.79 Å². The zero-order valence-corrected chi connectivity index (χ0v) is 14.5. The molecule has 2 N–H and O–H groups in total. The molecule has 0 aliphatic heterocycles. The van der Waals surface area contributed by atoms with Crippen molar-refractivity contribution in [3.63, 3.8) is 0 Å². The third kappa shape index (κ3) is 3.72. The van der Waals surface area contributed by atoms with Crippen molar-refractivity contribution >= 4 is 17.5 Å². The first-order valence-electron chi connectivity index (χ1n) is 8.65. The van der Waals surface area contributed by atoms with Gasteiger partial charge >= 0.3 is 0 Å². The molecule has 3 rings (SSSR count). The molecule has 0 unspecified atom stereocenters. The molecule has 1 saturated carbocycles. The normalized spacial score (nSPS) is 13.6. The van der Waals surface area contributed by atoms with Gasteiger partial charge in [0.15, 0.2) is 0 Å². The number of para-hydroxylation sites is 1. The molecule has 1 fully saturated rings. The topological polar surface area (TPSA) is 66.9 Å². The fourth-order valence-corrected chi connectivity index (χ4v) is 2.74. The van der Waals surface area contributed by atoms with Crippen LogP contribution in [0.1, 0.15) is 54.0 Å². The summed E-state index contributed by atoms with van der Waals surface area (Å²) in [5, 5.41) is 6.32. The number of benzene rings is 1. The molecule has 1 aliphatic rings. The van der Waals surface area contributed by atoms with Gasteiger partial charge < -0.3 is 10.6 Å². The predicted molar refractivity (Wildman–Crippen MR) is 96.6 cm³/mol. The number of amides is 1. The van der Waals surface area contributed by atoms with Crippen LogP contribution in [-0.2, 0) is 12.8 Å². The van der Waals surface area contributed by atoms with Gasteiger partial charge in [-0.1, -0.05) is 32.0 Å². The SMILES string of the molecule is CCc1cccc(CC)c1NC(=O)c1cc(C)nc(NC2CC2)n1. The van der Waals surface area contributed by atoms with Gasteiger partial charge in [0.25, 0.3) is 5.91 Å². The molecule has 0 spiro atoms. The Kier molecular flexibility index (Phi) is 4.79. The van der Waals surface area contributed by atoms with Crippen LogP contribution in [0.3, 0.4) is 0 Å². The molecule has 0 radical (unpaired) electrons. The molecule has 1 amide bonds. The van der Waals surface area contributed by atoms with Gasteiger partial charge in [0.1, 0.15) is 5.69 Å². The van der Waals surface area contributed by atoms with Crippen molar-refractivity contribution in [3.05, 3.63) is 46.8 Å². The second kappa shape index (κ2) is 6.99. The van der Waals surface area contributed by atoms with Gasteiger partial charge in [-0.2, -0.15) is 0 Å². The van der Waals surface area contributed by atoms with Gasteiger partial charge in [0, 0.05) is 17.4 Å². The Bertz CT molecular complexity index is 731. The van der Waals surface area contributed by atoms with Gasteiger partial charge in [0.05, 0.1) is 0 Å². The molecule has 0 atom stereocenters. The maximum Gasteiger partial charge on any atom is 0.274 e. The molecule has 1 aromatic heterocycles. The highest BCUT2D eigenvalue weighted by Gasteiger charge is 2.23. The summed E-state index contributed by atoms with van der Waals surface area (Å²) in [7, 11) is 0. The van der Waals surface area contributed by atoms with E-state index in [1.54, 1.807) is 6.07 Å². The number of anilines is 2. The lowest BCUT2D eigenvalue weighted by atomic mass is 10.0. The van der Waals surface area contributed by atoms with Crippen LogP contribution < -0.4 is 10.6 Å². The van der Waals surface area contributed by atoms with Crippen molar-refractivity contribution < 1.29 is 4.79 Å². The van der Waals surface area contributed by atoms with Crippen LogP contribution >= 0.6 is 0 Å². The Morgan fingerprint density at radius 3 is 2.42 bits per heavy atom. The van der Waals surface area contributed by atoms with E-state index in [2.05, 4.69) is 46.6 Å². The molecule has 1 aromatic carbocycles. The number of aromatic nitrogens is 2. The minimum atomic E-state index is -0.185. The summed E-state index contributed by atoms with van der Waals surface area (Å²) in [6.45, 7) is 6.07. The Hall–Kier alpha value is -2.43. The number of aryl methyl sites for hydroxylation is 3. The summed E-state index contributed by atoms with van der Waals surface area (Å²) in [6.07, 6.45) is 4.03. The Morgan fingerprint density at radius 2 is 1.83 bits per heavy atom. The largest absolute Gasteiger partial charge is 0.351 e. The lowest BCUT2D eigenvalue weighted by Gasteiger charge is -2.14. The van der Waals surface area contributed by atoms with Crippen molar-refractivity contribution in [2.75, 3.05) is 10.6 Å². The number of hydrogen-bond donors (Lipinski definition) is 2. The van der Waals surface area contributed by atoms with E-state index in [-0.39, 0.29) is 5.91 Å². The van der Waals surface area contributed by atoms with Crippen molar-refractivity contribution in [1.82, 2.24) is 9.97 Å². The van der Waals surface area contributed by atoms with Gasteiger partial charge in [0.2, 0.25) is 5.95 Å². The first-order valence-corrected chi connectivity index (χ1v) is 8.65. The van der Waals surface area contributed by atoms with Crippen molar-refractivity contribution in [2.24, 2.45) is 0 Å². The van der Waals surface area contributed by atoms with Crippen molar-refractivity contribution in [2.45, 2.75) is 52.5 Å². The maximum absolute atomic E-state index is 12.7. The molecule has 126 valence electrons. The third-order valence-electron chi connectivity index (χ3n) is 4.23. The summed E-state index contributed by atoms with van der Waals surface area (Å²) in [6, 6.07) is 8.34. The lowest BCUT2D eigenvalue weighted by molar-refractivity contribution is 0.102. The van der Waals surface area contributed by atoms with Crippen LogP contribution in [0.4, 0.5) is 11.6 Å². The maximum atomic E-state index is 12.7. The summed E-state index contributed by atoms with van der Waals surface area (Å²) in [5.41, 5.74) is 4.39. The molecule has 1 heterocycles. The third-order valence-corrected chi connectivity index (χ3v) is 4.23. The second-order valence-electron chi connectivity index (χ2n) is 6.25. The molecule has 0 bridgehead atoms. The van der Waals surface area contributed by atoms with E-state index in [0.717, 1.165) is 48.2 Å². The smallest absolute Gasteiger partial charge is 0.274 e. The molecule has 0 saturated heterocycles. The van der Waals surface area contributed by atoms with E-state index in [9.17, 15) is 4.79 Å².